The first-order chi connectivity index (χ1) is 14.0. The van der Waals surface area contributed by atoms with Gasteiger partial charge >= 0.3 is 0 Å². The molecular formula is C23H28N2O4. The number of anilines is 2. The van der Waals surface area contributed by atoms with Crippen LogP contribution in [0.1, 0.15) is 39.0 Å². The number of benzene rings is 2. The first kappa shape index (κ1) is 20.7. The predicted octanol–water partition coefficient (Wildman–Crippen LogP) is 4.62. The second-order valence-electron chi connectivity index (χ2n) is 7.33. The molecule has 29 heavy (non-hydrogen) atoms. The number of nitrogens with one attached hydrogen (secondary N) is 2. The van der Waals surface area contributed by atoms with E-state index in [1.54, 1.807) is 56.5 Å². The number of ether oxygens (including phenoxy) is 2. The molecule has 2 aromatic rings. The Bertz CT molecular complexity index is 829. The van der Waals surface area contributed by atoms with Crippen molar-refractivity contribution in [2.24, 2.45) is 5.92 Å². The van der Waals surface area contributed by atoms with Gasteiger partial charge in [-0.25, -0.2) is 0 Å². The van der Waals surface area contributed by atoms with Gasteiger partial charge in [0.2, 0.25) is 5.91 Å². The summed E-state index contributed by atoms with van der Waals surface area (Å²) in [6, 6.07) is 14.2. The number of carbonyl (C=O) groups excluding carboxylic acids is 2. The van der Waals surface area contributed by atoms with Crippen molar-refractivity contribution in [2.45, 2.75) is 45.1 Å². The number of hydrogen-bond acceptors (Lipinski definition) is 4. The average Bonchev–Trinajstić information content (AvgIpc) is 2.75. The summed E-state index contributed by atoms with van der Waals surface area (Å²) >= 11 is 0. The molecule has 0 saturated heterocycles. The molecule has 1 fully saturated rings. The SMILES string of the molecule is COc1ccc(OC(C)C(=O)Nc2cccc(NC(=O)C3CCCCC3)c2)cc1. The van der Waals surface area contributed by atoms with Gasteiger partial charge in [-0.1, -0.05) is 25.3 Å². The molecule has 2 aromatic carbocycles. The monoisotopic (exact) mass is 396 g/mol. The summed E-state index contributed by atoms with van der Waals surface area (Å²) in [4.78, 5) is 24.9. The van der Waals surface area contributed by atoms with Crippen molar-refractivity contribution in [1.29, 1.82) is 0 Å². The van der Waals surface area contributed by atoms with Gasteiger partial charge in [-0.3, -0.25) is 9.59 Å². The fourth-order valence-corrected chi connectivity index (χ4v) is 3.44. The average molecular weight is 396 g/mol. The number of amides is 2. The van der Waals surface area contributed by atoms with E-state index in [-0.39, 0.29) is 17.7 Å². The molecule has 0 aromatic heterocycles. The molecule has 2 N–H and O–H groups in total. The molecule has 2 amide bonds. The van der Waals surface area contributed by atoms with Crippen molar-refractivity contribution in [3.05, 3.63) is 48.5 Å². The maximum Gasteiger partial charge on any atom is 0.265 e. The van der Waals surface area contributed by atoms with Crippen LogP contribution in [-0.4, -0.2) is 25.0 Å². The van der Waals surface area contributed by atoms with Gasteiger partial charge in [-0.2, -0.15) is 0 Å². The van der Waals surface area contributed by atoms with Gasteiger partial charge < -0.3 is 20.1 Å². The van der Waals surface area contributed by atoms with Crippen LogP contribution in [0.5, 0.6) is 11.5 Å². The van der Waals surface area contributed by atoms with Crippen LogP contribution in [-0.2, 0) is 9.59 Å². The summed E-state index contributed by atoms with van der Waals surface area (Å²) in [6.07, 6.45) is 4.65. The molecular weight excluding hydrogens is 368 g/mol. The molecule has 1 unspecified atom stereocenters. The summed E-state index contributed by atoms with van der Waals surface area (Å²) in [5.74, 6) is 1.18. The highest BCUT2D eigenvalue weighted by atomic mass is 16.5. The van der Waals surface area contributed by atoms with Crippen molar-refractivity contribution >= 4 is 23.2 Å². The largest absolute Gasteiger partial charge is 0.497 e. The zero-order valence-corrected chi connectivity index (χ0v) is 16.9. The molecule has 0 bridgehead atoms. The van der Waals surface area contributed by atoms with Gasteiger partial charge in [0.25, 0.3) is 5.91 Å². The van der Waals surface area contributed by atoms with E-state index in [1.807, 2.05) is 6.07 Å². The van der Waals surface area contributed by atoms with E-state index >= 15 is 0 Å². The van der Waals surface area contributed by atoms with Crippen molar-refractivity contribution < 1.29 is 19.1 Å². The molecule has 154 valence electrons. The maximum absolute atomic E-state index is 12.5. The molecule has 1 aliphatic carbocycles. The van der Waals surface area contributed by atoms with Crippen LogP contribution >= 0.6 is 0 Å². The Morgan fingerprint density at radius 3 is 2.21 bits per heavy atom. The van der Waals surface area contributed by atoms with E-state index < -0.39 is 6.10 Å². The van der Waals surface area contributed by atoms with Gasteiger partial charge in [-0.15, -0.1) is 0 Å². The van der Waals surface area contributed by atoms with Crippen LogP contribution in [0.4, 0.5) is 11.4 Å². The first-order valence-corrected chi connectivity index (χ1v) is 10.1. The highest BCUT2D eigenvalue weighted by molar-refractivity contribution is 5.96. The van der Waals surface area contributed by atoms with Gasteiger partial charge in [0.05, 0.1) is 7.11 Å². The molecule has 0 heterocycles. The van der Waals surface area contributed by atoms with Crippen LogP contribution in [0.25, 0.3) is 0 Å². The van der Waals surface area contributed by atoms with Crippen LogP contribution in [0.3, 0.4) is 0 Å². The van der Waals surface area contributed by atoms with Crippen molar-refractivity contribution in [3.63, 3.8) is 0 Å². The third-order valence-electron chi connectivity index (χ3n) is 5.12. The second kappa shape index (κ2) is 9.96. The Balaban J connectivity index is 1.55. The first-order valence-electron chi connectivity index (χ1n) is 10.1. The Kier molecular flexibility index (Phi) is 7.11. The molecule has 6 heteroatoms. The summed E-state index contributed by atoms with van der Waals surface area (Å²) in [5, 5.41) is 5.81. The molecule has 0 spiro atoms. The quantitative estimate of drug-likeness (QED) is 0.716. The number of carbonyl (C=O) groups is 2. The lowest BCUT2D eigenvalue weighted by Gasteiger charge is -2.21. The van der Waals surface area contributed by atoms with E-state index in [0.717, 1.165) is 31.4 Å². The van der Waals surface area contributed by atoms with Gasteiger partial charge in [0, 0.05) is 17.3 Å². The number of methoxy groups -OCH3 is 1. The minimum Gasteiger partial charge on any atom is -0.497 e. The Labute approximate surface area is 171 Å². The normalized spacial score (nSPS) is 15.2. The minimum atomic E-state index is -0.677. The topological polar surface area (TPSA) is 76.7 Å². The Morgan fingerprint density at radius 1 is 0.931 bits per heavy atom. The highest BCUT2D eigenvalue weighted by Gasteiger charge is 2.21. The molecule has 0 aliphatic heterocycles. The lowest BCUT2D eigenvalue weighted by atomic mass is 9.88. The van der Waals surface area contributed by atoms with Crippen LogP contribution in [0.15, 0.2) is 48.5 Å². The molecule has 1 saturated carbocycles. The zero-order chi connectivity index (χ0) is 20.6. The smallest absolute Gasteiger partial charge is 0.265 e. The Morgan fingerprint density at radius 2 is 1.55 bits per heavy atom. The lowest BCUT2D eigenvalue weighted by Crippen LogP contribution is -2.30. The highest BCUT2D eigenvalue weighted by Crippen LogP contribution is 2.25. The molecule has 1 atom stereocenters. The van der Waals surface area contributed by atoms with E-state index in [1.165, 1.54) is 6.42 Å². The van der Waals surface area contributed by atoms with Crippen LogP contribution < -0.4 is 20.1 Å². The fraction of sp³-hybridized carbons (Fsp3) is 0.391. The lowest BCUT2D eigenvalue weighted by molar-refractivity contribution is -0.122. The van der Waals surface area contributed by atoms with Gasteiger partial charge in [0.1, 0.15) is 11.5 Å². The fourth-order valence-electron chi connectivity index (χ4n) is 3.44. The number of hydrogen-bond donors (Lipinski definition) is 2. The predicted molar refractivity (Wildman–Crippen MR) is 113 cm³/mol. The molecule has 3 rings (SSSR count). The third kappa shape index (κ3) is 5.98. The van der Waals surface area contributed by atoms with Gasteiger partial charge in [-0.05, 0) is 62.2 Å². The van der Waals surface area contributed by atoms with Crippen LogP contribution in [0.2, 0.25) is 0 Å². The summed E-state index contributed by atoms with van der Waals surface area (Å²) in [6.45, 7) is 1.69. The minimum absolute atomic E-state index is 0.0596. The van der Waals surface area contributed by atoms with E-state index in [0.29, 0.717) is 17.1 Å². The van der Waals surface area contributed by atoms with Crippen molar-refractivity contribution in [2.75, 3.05) is 17.7 Å². The molecule has 6 nitrogen and oxygen atoms in total. The summed E-state index contributed by atoms with van der Waals surface area (Å²) in [5.41, 5.74) is 1.30. The maximum atomic E-state index is 12.5. The molecule has 0 radical (unpaired) electrons. The van der Waals surface area contributed by atoms with E-state index in [2.05, 4.69) is 10.6 Å². The van der Waals surface area contributed by atoms with Gasteiger partial charge in [0.15, 0.2) is 6.10 Å². The van der Waals surface area contributed by atoms with E-state index in [4.69, 9.17) is 9.47 Å². The summed E-state index contributed by atoms with van der Waals surface area (Å²) in [7, 11) is 1.59. The zero-order valence-electron chi connectivity index (χ0n) is 16.9. The van der Waals surface area contributed by atoms with Crippen LogP contribution in [0, 0.1) is 5.92 Å². The third-order valence-corrected chi connectivity index (χ3v) is 5.12. The van der Waals surface area contributed by atoms with Crippen molar-refractivity contribution in [3.8, 4) is 11.5 Å². The molecule has 1 aliphatic rings. The Hall–Kier alpha value is -3.02. The van der Waals surface area contributed by atoms with E-state index in [9.17, 15) is 9.59 Å². The standard InChI is InChI=1S/C23H28N2O4/c1-16(29-21-13-11-20(28-2)12-14-21)22(26)24-18-9-6-10-19(15-18)25-23(27)17-7-4-3-5-8-17/h6,9-17H,3-5,7-8H2,1-2H3,(H,24,26)(H,25,27). The van der Waals surface area contributed by atoms with Crippen molar-refractivity contribution in [1.82, 2.24) is 0 Å². The number of rotatable bonds is 7. The summed E-state index contributed by atoms with van der Waals surface area (Å²) < 4.78 is 10.8. The second-order valence-corrected chi connectivity index (χ2v) is 7.33.